The van der Waals surface area contributed by atoms with Crippen LogP contribution in [-0.2, 0) is 6.42 Å². The van der Waals surface area contributed by atoms with Gasteiger partial charge in [0.25, 0.3) is 5.91 Å². The van der Waals surface area contributed by atoms with Gasteiger partial charge in [-0.1, -0.05) is 31.5 Å². The van der Waals surface area contributed by atoms with Crippen LogP contribution in [0.2, 0.25) is 0 Å². The van der Waals surface area contributed by atoms with Gasteiger partial charge in [-0.25, -0.2) is 0 Å². The lowest BCUT2D eigenvalue weighted by molar-refractivity contribution is 0.103. The number of amides is 1. The van der Waals surface area contributed by atoms with Gasteiger partial charge in [0.05, 0.1) is 4.88 Å². The molecule has 3 rings (SSSR count). The average Bonchev–Trinajstić information content (AvgIpc) is 3.03. The van der Waals surface area contributed by atoms with Crippen molar-refractivity contribution in [1.29, 1.82) is 0 Å². The Morgan fingerprint density at radius 1 is 1.00 bits per heavy atom. The van der Waals surface area contributed by atoms with Crippen molar-refractivity contribution in [2.45, 2.75) is 33.6 Å². The number of fused-ring (bicyclic) bond motifs is 1. The van der Waals surface area contributed by atoms with Crippen molar-refractivity contribution in [3.8, 4) is 0 Å². The number of thiophene rings is 1. The summed E-state index contributed by atoms with van der Waals surface area (Å²) in [7, 11) is 0. The Hall–Kier alpha value is -2.33. The summed E-state index contributed by atoms with van der Waals surface area (Å²) in [6, 6.07) is 16.4. The molecule has 0 atom stereocenters. The van der Waals surface area contributed by atoms with Gasteiger partial charge in [-0.05, 0) is 61.5 Å². The molecule has 0 spiro atoms. The van der Waals surface area contributed by atoms with Crippen LogP contribution in [0, 0.1) is 0 Å². The van der Waals surface area contributed by atoms with E-state index in [1.54, 1.807) is 11.3 Å². The molecule has 3 aromatic rings. The van der Waals surface area contributed by atoms with Gasteiger partial charge >= 0.3 is 0 Å². The standard InChI is InChI=1S/C22H26N2OS/c1-4-9-19-18-10-7-8-11-20(18)26-21(19)22(25)23-16-12-14-17(15-13-16)24(5-2)6-3/h7-8,10-15H,4-6,9H2,1-3H3,(H,23,25). The monoisotopic (exact) mass is 366 g/mol. The Morgan fingerprint density at radius 3 is 2.35 bits per heavy atom. The fourth-order valence-corrected chi connectivity index (χ4v) is 4.46. The van der Waals surface area contributed by atoms with Crippen molar-refractivity contribution < 1.29 is 4.79 Å². The molecule has 0 saturated carbocycles. The third-order valence-electron chi connectivity index (χ3n) is 4.66. The molecule has 0 aliphatic heterocycles. The second kappa shape index (κ2) is 8.37. The fraction of sp³-hybridized carbons (Fsp3) is 0.318. The molecule has 26 heavy (non-hydrogen) atoms. The molecule has 0 radical (unpaired) electrons. The summed E-state index contributed by atoms with van der Waals surface area (Å²) in [5, 5.41) is 4.28. The Balaban J connectivity index is 1.84. The molecule has 3 nitrogen and oxygen atoms in total. The lowest BCUT2D eigenvalue weighted by Gasteiger charge is -2.21. The number of carbonyl (C=O) groups excluding carboxylic acids is 1. The smallest absolute Gasteiger partial charge is 0.266 e. The van der Waals surface area contributed by atoms with E-state index in [4.69, 9.17) is 0 Å². The van der Waals surface area contributed by atoms with Crippen LogP contribution in [0.15, 0.2) is 48.5 Å². The first kappa shape index (κ1) is 18.5. The lowest BCUT2D eigenvalue weighted by atomic mass is 10.1. The summed E-state index contributed by atoms with van der Waals surface area (Å²) >= 11 is 1.59. The number of anilines is 2. The van der Waals surface area contributed by atoms with Crippen molar-refractivity contribution in [2.24, 2.45) is 0 Å². The molecule has 1 aromatic heterocycles. The predicted molar refractivity (Wildman–Crippen MR) is 114 cm³/mol. The normalized spacial score (nSPS) is 10.9. The molecule has 2 aromatic carbocycles. The Labute approximate surface area is 159 Å². The Bertz CT molecular complexity index is 879. The van der Waals surface area contributed by atoms with E-state index in [-0.39, 0.29) is 5.91 Å². The van der Waals surface area contributed by atoms with Crippen molar-refractivity contribution >= 4 is 38.7 Å². The number of rotatable bonds is 7. The summed E-state index contributed by atoms with van der Waals surface area (Å²) in [6.07, 6.45) is 1.95. The van der Waals surface area contributed by atoms with Crippen molar-refractivity contribution in [1.82, 2.24) is 0 Å². The fourth-order valence-electron chi connectivity index (χ4n) is 3.31. The molecule has 0 fully saturated rings. The van der Waals surface area contributed by atoms with Crippen LogP contribution < -0.4 is 10.2 Å². The van der Waals surface area contributed by atoms with Crippen LogP contribution in [0.3, 0.4) is 0 Å². The number of carbonyl (C=O) groups is 1. The number of nitrogens with zero attached hydrogens (tertiary/aromatic N) is 1. The third kappa shape index (κ3) is 3.75. The second-order valence-electron chi connectivity index (χ2n) is 6.33. The SMILES string of the molecule is CCCc1c(C(=O)Nc2ccc(N(CC)CC)cc2)sc2ccccc12. The highest BCUT2D eigenvalue weighted by molar-refractivity contribution is 7.21. The molecule has 1 heterocycles. The lowest BCUT2D eigenvalue weighted by Crippen LogP contribution is -2.21. The number of hydrogen-bond donors (Lipinski definition) is 1. The molecular weight excluding hydrogens is 340 g/mol. The Morgan fingerprint density at radius 2 is 1.69 bits per heavy atom. The Kier molecular flexibility index (Phi) is 5.94. The van der Waals surface area contributed by atoms with E-state index in [1.165, 1.54) is 21.3 Å². The highest BCUT2D eigenvalue weighted by atomic mass is 32.1. The highest BCUT2D eigenvalue weighted by Crippen LogP contribution is 2.33. The first-order chi connectivity index (χ1) is 12.7. The van der Waals surface area contributed by atoms with Crippen LogP contribution in [0.4, 0.5) is 11.4 Å². The van der Waals surface area contributed by atoms with Crippen LogP contribution in [0.25, 0.3) is 10.1 Å². The first-order valence-corrected chi connectivity index (χ1v) is 10.2. The zero-order chi connectivity index (χ0) is 18.5. The number of nitrogens with one attached hydrogen (secondary N) is 1. The minimum absolute atomic E-state index is 0.00904. The first-order valence-electron chi connectivity index (χ1n) is 9.34. The van der Waals surface area contributed by atoms with Gasteiger partial charge < -0.3 is 10.2 Å². The molecule has 0 aliphatic rings. The molecule has 0 aliphatic carbocycles. The van der Waals surface area contributed by atoms with Gasteiger partial charge in [0.2, 0.25) is 0 Å². The second-order valence-corrected chi connectivity index (χ2v) is 7.38. The van der Waals surface area contributed by atoms with E-state index in [2.05, 4.69) is 55.3 Å². The highest BCUT2D eigenvalue weighted by Gasteiger charge is 2.17. The minimum atomic E-state index is -0.00904. The van der Waals surface area contributed by atoms with E-state index in [1.807, 2.05) is 24.3 Å². The van der Waals surface area contributed by atoms with Crippen LogP contribution in [-0.4, -0.2) is 19.0 Å². The average molecular weight is 367 g/mol. The topological polar surface area (TPSA) is 32.3 Å². The van der Waals surface area contributed by atoms with E-state index in [0.717, 1.165) is 36.5 Å². The maximum Gasteiger partial charge on any atom is 0.266 e. The van der Waals surface area contributed by atoms with Gasteiger partial charge in [0.1, 0.15) is 0 Å². The van der Waals surface area contributed by atoms with Gasteiger partial charge in [0, 0.05) is 29.2 Å². The third-order valence-corrected chi connectivity index (χ3v) is 5.87. The molecule has 4 heteroatoms. The molecule has 1 amide bonds. The minimum Gasteiger partial charge on any atom is -0.372 e. The molecular formula is C22H26N2OS. The number of hydrogen-bond acceptors (Lipinski definition) is 3. The summed E-state index contributed by atoms with van der Waals surface area (Å²) in [5.41, 5.74) is 3.19. The molecule has 0 unspecified atom stereocenters. The summed E-state index contributed by atoms with van der Waals surface area (Å²) in [4.78, 5) is 16.0. The van der Waals surface area contributed by atoms with Crippen LogP contribution in [0.5, 0.6) is 0 Å². The maximum absolute atomic E-state index is 12.9. The largest absolute Gasteiger partial charge is 0.372 e. The molecule has 0 saturated heterocycles. The van der Waals surface area contributed by atoms with E-state index < -0.39 is 0 Å². The van der Waals surface area contributed by atoms with Gasteiger partial charge in [-0.15, -0.1) is 11.3 Å². The summed E-state index contributed by atoms with van der Waals surface area (Å²) in [5.74, 6) is -0.00904. The maximum atomic E-state index is 12.9. The summed E-state index contributed by atoms with van der Waals surface area (Å²) in [6.45, 7) is 8.40. The number of aryl methyl sites for hydroxylation is 1. The predicted octanol–water partition coefficient (Wildman–Crippen LogP) is 5.95. The van der Waals surface area contributed by atoms with Crippen LogP contribution >= 0.6 is 11.3 Å². The van der Waals surface area contributed by atoms with Crippen molar-refractivity contribution in [3.63, 3.8) is 0 Å². The number of benzene rings is 2. The van der Waals surface area contributed by atoms with Gasteiger partial charge in [-0.3, -0.25) is 4.79 Å². The van der Waals surface area contributed by atoms with E-state index >= 15 is 0 Å². The quantitative estimate of drug-likeness (QED) is 0.560. The van der Waals surface area contributed by atoms with E-state index in [0.29, 0.717) is 0 Å². The van der Waals surface area contributed by atoms with Crippen molar-refractivity contribution in [3.05, 3.63) is 59.0 Å². The molecule has 136 valence electrons. The molecule has 1 N–H and O–H groups in total. The zero-order valence-corrected chi connectivity index (χ0v) is 16.5. The van der Waals surface area contributed by atoms with Crippen molar-refractivity contribution in [2.75, 3.05) is 23.3 Å². The van der Waals surface area contributed by atoms with Gasteiger partial charge in [-0.2, -0.15) is 0 Å². The zero-order valence-electron chi connectivity index (χ0n) is 15.7. The molecule has 0 bridgehead atoms. The summed E-state index contributed by atoms with van der Waals surface area (Å²) < 4.78 is 1.18. The van der Waals surface area contributed by atoms with Gasteiger partial charge in [0.15, 0.2) is 0 Å². The van der Waals surface area contributed by atoms with Crippen LogP contribution in [0.1, 0.15) is 42.4 Å². The van der Waals surface area contributed by atoms with E-state index in [9.17, 15) is 4.79 Å².